The second-order valence-corrected chi connectivity index (χ2v) is 8.46. The van der Waals surface area contributed by atoms with Crippen molar-refractivity contribution in [3.63, 3.8) is 0 Å². The molecule has 0 saturated heterocycles. The van der Waals surface area contributed by atoms with Crippen molar-refractivity contribution < 1.29 is 4.21 Å². The van der Waals surface area contributed by atoms with E-state index in [2.05, 4.69) is 55.1 Å². The smallest absolute Gasteiger partial charge is 0.191 e. The van der Waals surface area contributed by atoms with E-state index in [-0.39, 0.29) is 24.0 Å². The van der Waals surface area contributed by atoms with Crippen LogP contribution in [0.2, 0.25) is 0 Å². The first-order chi connectivity index (χ1) is 12.4. The summed E-state index contributed by atoms with van der Waals surface area (Å²) < 4.78 is 12.2. The highest BCUT2D eigenvalue weighted by atomic mass is 127. The molecule has 27 heavy (non-hydrogen) atoms. The van der Waals surface area contributed by atoms with Gasteiger partial charge in [-0.05, 0) is 40.2 Å². The van der Waals surface area contributed by atoms with Gasteiger partial charge in [0.15, 0.2) is 5.96 Å². The number of nitrogens with zero attached hydrogens (tertiary/aromatic N) is 2. The van der Waals surface area contributed by atoms with Crippen LogP contribution in [0.5, 0.6) is 0 Å². The Balaban J connectivity index is 0.00000676. The summed E-state index contributed by atoms with van der Waals surface area (Å²) in [5.41, 5.74) is 1.12. The molecule has 0 aliphatic carbocycles. The van der Waals surface area contributed by atoms with Gasteiger partial charge in [0, 0.05) is 54.0 Å². The number of nitrogens with one attached hydrogen (secondary N) is 2. The molecule has 0 radical (unpaired) electrons. The van der Waals surface area contributed by atoms with E-state index in [4.69, 9.17) is 0 Å². The van der Waals surface area contributed by atoms with Gasteiger partial charge in [0.2, 0.25) is 0 Å². The summed E-state index contributed by atoms with van der Waals surface area (Å²) in [6.07, 6.45) is 0. The minimum atomic E-state index is -0.870. The summed E-state index contributed by atoms with van der Waals surface area (Å²) in [4.78, 5) is 7.09. The van der Waals surface area contributed by atoms with E-state index in [0.29, 0.717) is 30.1 Å². The van der Waals surface area contributed by atoms with E-state index < -0.39 is 10.8 Å². The Hall–Kier alpha value is -0.670. The van der Waals surface area contributed by atoms with Gasteiger partial charge in [0.05, 0.1) is 6.54 Å². The average molecular weight is 509 g/mol. The van der Waals surface area contributed by atoms with Gasteiger partial charge in [0.25, 0.3) is 0 Å². The Morgan fingerprint density at radius 1 is 1.11 bits per heavy atom. The van der Waals surface area contributed by atoms with E-state index in [1.54, 1.807) is 0 Å². The van der Waals surface area contributed by atoms with Crippen LogP contribution in [0, 0.1) is 0 Å². The maximum atomic E-state index is 12.2. The lowest BCUT2D eigenvalue weighted by molar-refractivity contribution is 0.181. The fraction of sp³-hybridized carbons (Fsp3) is 0.650. The molecule has 0 aliphatic heterocycles. The van der Waals surface area contributed by atoms with Gasteiger partial charge < -0.3 is 10.6 Å². The summed E-state index contributed by atoms with van der Waals surface area (Å²) >= 11 is 0. The SMILES string of the molecule is CCNC(=NCCN(C(C)C)C(C)C)NCCS(=O)Cc1ccccc1.I. The zero-order valence-corrected chi connectivity index (χ0v) is 20.6. The molecule has 0 bridgehead atoms. The van der Waals surface area contributed by atoms with Gasteiger partial charge in [-0.1, -0.05) is 30.3 Å². The standard InChI is InChI=1S/C20H36N4OS.HI/c1-6-21-20(22-12-14-24(17(2)3)18(4)5)23-13-15-26(25)16-19-10-8-7-9-11-19;/h7-11,17-18H,6,12-16H2,1-5H3,(H2,21,22,23);1H. The minimum absolute atomic E-state index is 0. The van der Waals surface area contributed by atoms with Crippen LogP contribution in [0.25, 0.3) is 0 Å². The third kappa shape index (κ3) is 11.7. The molecule has 0 amide bonds. The predicted molar refractivity (Wildman–Crippen MR) is 130 cm³/mol. The molecule has 0 fully saturated rings. The fourth-order valence-corrected chi connectivity index (χ4v) is 3.89. The molecule has 1 atom stereocenters. The lowest BCUT2D eigenvalue weighted by Gasteiger charge is -2.29. The molecule has 0 aliphatic rings. The van der Waals surface area contributed by atoms with Crippen LogP contribution in [0.1, 0.15) is 40.2 Å². The lowest BCUT2D eigenvalue weighted by Crippen LogP contribution is -2.41. The first-order valence-corrected chi connectivity index (χ1v) is 11.1. The van der Waals surface area contributed by atoms with Gasteiger partial charge in [-0.3, -0.25) is 14.1 Å². The second kappa shape index (κ2) is 15.3. The molecule has 1 aromatic rings. The first kappa shape index (κ1) is 26.3. The molecule has 0 heterocycles. The highest BCUT2D eigenvalue weighted by Gasteiger charge is 2.12. The topological polar surface area (TPSA) is 56.7 Å². The van der Waals surface area contributed by atoms with E-state index in [0.717, 1.165) is 31.2 Å². The summed E-state index contributed by atoms with van der Waals surface area (Å²) in [6.45, 7) is 14.1. The van der Waals surface area contributed by atoms with Crippen molar-refractivity contribution in [1.82, 2.24) is 15.5 Å². The monoisotopic (exact) mass is 508 g/mol. The molecule has 1 unspecified atom stereocenters. The van der Waals surface area contributed by atoms with Gasteiger partial charge in [-0.15, -0.1) is 24.0 Å². The largest absolute Gasteiger partial charge is 0.357 e. The number of rotatable bonds is 11. The van der Waals surface area contributed by atoms with Gasteiger partial charge in [0.1, 0.15) is 0 Å². The Morgan fingerprint density at radius 3 is 2.30 bits per heavy atom. The van der Waals surface area contributed by atoms with Crippen molar-refractivity contribution in [2.45, 2.75) is 52.5 Å². The van der Waals surface area contributed by atoms with Gasteiger partial charge in [-0.25, -0.2) is 0 Å². The van der Waals surface area contributed by atoms with Crippen LogP contribution < -0.4 is 10.6 Å². The van der Waals surface area contributed by atoms with E-state index in [1.807, 2.05) is 30.3 Å². The minimum Gasteiger partial charge on any atom is -0.357 e. The Morgan fingerprint density at radius 2 is 1.74 bits per heavy atom. The Bertz CT molecular complexity index is 544. The number of guanidine groups is 1. The molecule has 0 aromatic heterocycles. The summed E-state index contributed by atoms with van der Waals surface area (Å²) in [7, 11) is -0.870. The van der Waals surface area contributed by atoms with Crippen molar-refractivity contribution in [3.8, 4) is 0 Å². The molecular formula is C20H37IN4OS. The third-order valence-corrected chi connectivity index (χ3v) is 5.41. The van der Waals surface area contributed by atoms with Crippen molar-refractivity contribution >= 4 is 40.7 Å². The molecule has 7 heteroatoms. The molecular weight excluding hydrogens is 471 g/mol. The number of hydrogen-bond donors (Lipinski definition) is 2. The van der Waals surface area contributed by atoms with Crippen molar-refractivity contribution in [2.75, 3.05) is 31.9 Å². The molecule has 0 saturated carbocycles. The Kier molecular flexibility index (Phi) is 14.9. The highest BCUT2D eigenvalue weighted by molar-refractivity contribution is 14.0. The van der Waals surface area contributed by atoms with Crippen LogP contribution in [-0.4, -0.2) is 59.1 Å². The van der Waals surface area contributed by atoms with Crippen LogP contribution in [0.4, 0.5) is 0 Å². The number of benzene rings is 1. The maximum Gasteiger partial charge on any atom is 0.191 e. The zero-order chi connectivity index (χ0) is 19.4. The molecule has 2 N–H and O–H groups in total. The highest BCUT2D eigenvalue weighted by Crippen LogP contribution is 2.04. The fourth-order valence-electron chi connectivity index (χ4n) is 2.85. The van der Waals surface area contributed by atoms with Crippen molar-refractivity contribution in [1.29, 1.82) is 0 Å². The summed E-state index contributed by atoms with van der Waals surface area (Å²) in [6, 6.07) is 11.0. The maximum absolute atomic E-state index is 12.2. The lowest BCUT2D eigenvalue weighted by atomic mass is 10.2. The van der Waals surface area contributed by atoms with Gasteiger partial charge >= 0.3 is 0 Å². The van der Waals surface area contributed by atoms with E-state index >= 15 is 0 Å². The second-order valence-electron chi connectivity index (χ2n) is 6.89. The van der Waals surface area contributed by atoms with Crippen molar-refractivity contribution in [3.05, 3.63) is 35.9 Å². The molecule has 1 aromatic carbocycles. The van der Waals surface area contributed by atoms with Crippen LogP contribution >= 0.6 is 24.0 Å². The third-order valence-electron chi connectivity index (χ3n) is 4.09. The summed E-state index contributed by atoms with van der Waals surface area (Å²) in [5, 5.41) is 6.56. The van der Waals surface area contributed by atoms with Crippen LogP contribution in [0.15, 0.2) is 35.3 Å². The van der Waals surface area contributed by atoms with E-state index in [1.165, 1.54) is 0 Å². The van der Waals surface area contributed by atoms with Crippen LogP contribution in [-0.2, 0) is 16.6 Å². The normalized spacial score (nSPS) is 13.0. The first-order valence-electron chi connectivity index (χ1n) is 9.60. The van der Waals surface area contributed by atoms with E-state index in [9.17, 15) is 4.21 Å². The van der Waals surface area contributed by atoms with Crippen LogP contribution in [0.3, 0.4) is 0 Å². The number of aliphatic imine (C=N–C) groups is 1. The van der Waals surface area contributed by atoms with Crippen molar-refractivity contribution in [2.24, 2.45) is 4.99 Å². The zero-order valence-electron chi connectivity index (χ0n) is 17.4. The number of halogens is 1. The molecule has 5 nitrogen and oxygen atoms in total. The molecule has 0 spiro atoms. The molecule has 156 valence electrons. The van der Waals surface area contributed by atoms with Gasteiger partial charge in [-0.2, -0.15) is 0 Å². The number of hydrogen-bond acceptors (Lipinski definition) is 3. The molecule has 1 rings (SSSR count). The Labute approximate surface area is 185 Å². The quantitative estimate of drug-likeness (QED) is 0.274. The average Bonchev–Trinajstić information content (AvgIpc) is 2.58. The predicted octanol–water partition coefficient (Wildman–Crippen LogP) is 3.23. The summed E-state index contributed by atoms with van der Waals surface area (Å²) in [5.74, 6) is 2.02.